The van der Waals surface area contributed by atoms with Crippen LogP contribution in [0.1, 0.15) is 46.1 Å². The quantitative estimate of drug-likeness (QED) is 0.878. The number of rotatable bonds is 5. The van der Waals surface area contributed by atoms with Gasteiger partial charge in [-0.05, 0) is 35.7 Å². The lowest BCUT2D eigenvalue weighted by atomic mass is 9.72. The molecule has 1 aromatic rings. The van der Waals surface area contributed by atoms with E-state index in [2.05, 4.69) is 33.0 Å². The molecule has 3 nitrogen and oxygen atoms in total. The van der Waals surface area contributed by atoms with Gasteiger partial charge in [-0.2, -0.15) is 0 Å². The van der Waals surface area contributed by atoms with E-state index in [1.165, 1.54) is 0 Å². The monoisotopic (exact) mass is 303 g/mol. The van der Waals surface area contributed by atoms with Gasteiger partial charge in [-0.25, -0.2) is 0 Å². The Hall–Kier alpha value is -1.35. The Morgan fingerprint density at radius 1 is 1.18 bits per heavy atom. The van der Waals surface area contributed by atoms with Crippen LogP contribution in [0.2, 0.25) is 0 Å². The highest BCUT2D eigenvalue weighted by Crippen LogP contribution is 2.53. The van der Waals surface area contributed by atoms with Gasteiger partial charge in [-0.15, -0.1) is 0 Å². The van der Waals surface area contributed by atoms with Crippen molar-refractivity contribution in [1.82, 2.24) is 5.32 Å². The van der Waals surface area contributed by atoms with Gasteiger partial charge in [0.2, 0.25) is 5.91 Å². The van der Waals surface area contributed by atoms with Crippen molar-refractivity contribution in [2.45, 2.75) is 53.0 Å². The highest BCUT2D eigenvalue weighted by atomic mass is 16.3. The zero-order chi connectivity index (χ0) is 16.4. The summed E-state index contributed by atoms with van der Waals surface area (Å²) in [6.07, 6.45) is 2.80. The third-order valence-corrected chi connectivity index (χ3v) is 5.13. The Morgan fingerprint density at radius 2 is 1.73 bits per heavy atom. The molecule has 0 aromatic heterocycles. The first-order valence-electron chi connectivity index (χ1n) is 8.21. The first-order valence-corrected chi connectivity index (χ1v) is 8.21. The maximum atomic E-state index is 12.8. The molecule has 0 saturated heterocycles. The van der Waals surface area contributed by atoms with E-state index in [-0.39, 0.29) is 35.3 Å². The summed E-state index contributed by atoms with van der Waals surface area (Å²) in [6.45, 7) is 8.68. The van der Waals surface area contributed by atoms with Crippen molar-refractivity contribution in [2.24, 2.45) is 16.7 Å². The molecule has 2 N–H and O–H groups in total. The Bertz CT molecular complexity index is 491. The molecule has 0 spiro atoms. The van der Waals surface area contributed by atoms with Crippen LogP contribution in [0, 0.1) is 16.7 Å². The van der Waals surface area contributed by atoms with Gasteiger partial charge in [0.05, 0.1) is 12.6 Å². The molecule has 0 aliphatic heterocycles. The first kappa shape index (κ1) is 17.0. The number of carbonyl (C=O) groups is 1. The van der Waals surface area contributed by atoms with Gasteiger partial charge in [0.25, 0.3) is 0 Å². The fraction of sp³-hybridized carbons (Fsp3) is 0.632. The first-order chi connectivity index (χ1) is 10.3. The molecule has 122 valence electrons. The third-order valence-electron chi connectivity index (χ3n) is 5.13. The molecule has 0 heterocycles. The third kappa shape index (κ3) is 3.70. The van der Waals surface area contributed by atoms with Crippen LogP contribution in [-0.2, 0) is 11.2 Å². The molecule has 22 heavy (non-hydrogen) atoms. The van der Waals surface area contributed by atoms with Crippen LogP contribution in [0.15, 0.2) is 30.3 Å². The number of amides is 1. The minimum Gasteiger partial charge on any atom is -0.394 e. The van der Waals surface area contributed by atoms with Crippen molar-refractivity contribution in [2.75, 3.05) is 6.61 Å². The summed E-state index contributed by atoms with van der Waals surface area (Å²) in [5.41, 5.74) is 1.16. The lowest BCUT2D eigenvalue weighted by Gasteiger charge is -2.35. The normalized spacial score (nSPS) is 21.5. The Morgan fingerprint density at radius 3 is 2.23 bits per heavy atom. The summed E-state index contributed by atoms with van der Waals surface area (Å²) < 4.78 is 0. The zero-order valence-electron chi connectivity index (χ0n) is 14.2. The van der Waals surface area contributed by atoms with Crippen molar-refractivity contribution in [3.8, 4) is 0 Å². The van der Waals surface area contributed by atoms with Crippen molar-refractivity contribution in [3.63, 3.8) is 0 Å². The van der Waals surface area contributed by atoms with E-state index in [0.29, 0.717) is 6.42 Å². The Kier molecular flexibility index (Phi) is 4.96. The van der Waals surface area contributed by atoms with E-state index >= 15 is 0 Å². The number of aliphatic hydroxyl groups excluding tert-OH is 1. The second-order valence-electron chi connectivity index (χ2n) is 7.99. The van der Waals surface area contributed by atoms with E-state index in [0.717, 1.165) is 18.4 Å². The van der Waals surface area contributed by atoms with Crippen LogP contribution in [0.5, 0.6) is 0 Å². The molecule has 1 amide bonds. The fourth-order valence-corrected chi connectivity index (χ4v) is 4.04. The summed E-state index contributed by atoms with van der Waals surface area (Å²) in [5, 5.41) is 12.7. The lowest BCUT2D eigenvalue weighted by molar-refractivity contribution is -0.132. The second-order valence-corrected chi connectivity index (χ2v) is 7.99. The molecular formula is C19H29NO2. The maximum absolute atomic E-state index is 12.8. The molecule has 0 radical (unpaired) electrons. The molecule has 1 saturated carbocycles. The van der Waals surface area contributed by atoms with Crippen LogP contribution < -0.4 is 5.32 Å². The standard InChI is InChI=1S/C19H29NO2/c1-18(2)10-11-19(3,4)16(18)17(22)20-15(13-21)12-14-8-6-5-7-9-14/h5-9,15-16,21H,10-13H2,1-4H3,(H,20,22). The van der Waals surface area contributed by atoms with Crippen LogP contribution in [0.25, 0.3) is 0 Å². The van der Waals surface area contributed by atoms with E-state index in [1.54, 1.807) is 0 Å². The maximum Gasteiger partial charge on any atom is 0.224 e. The van der Waals surface area contributed by atoms with Crippen molar-refractivity contribution < 1.29 is 9.90 Å². The average Bonchev–Trinajstić information content (AvgIpc) is 2.67. The summed E-state index contributed by atoms with van der Waals surface area (Å²) in [4.78, 5) is 12.8. The number of hydrogen-bond donors (Lipinski definition) is 2. The van der Waals surface area contributed by atoms with E-state index in [1.807, 2.05) is 30.3 Å². The van der Waals surface area contributed by atoms with Gasteiger partial charge in [0.1, 0.15) is 0 Å². The van der Waals surface area contributed by atoms with Crippen LogP contribution in [-0.4, -0.2) is 23.7 Å². The molecule has 1 fully saturated rings. The molecule has 3 heteroatoms. The SMILES string of the molecule is CC1(C)CCC(C)(C)C1C(=O)NC(CO)Cc1ccccc1. The number of benzene rings is 1. The molecule has 0 bridgehead atoms. The van der Waals surface area contributed by atoms with Crippen molar-refractivity contribution >= 4 is 5.91 Å². The summed E-state index contributed by atoms with van der Waals surface area (Å²) in [5.74, 6) is 0.0762. The fourth-order valence-electron chi connectivity index (χ4n) is 4.04. The minimum atomic E-state index is -0.220. The predicted molar refractivity (Wildman–Crippen MR) is 89.4 cm³/mol. The topological polar surface area (TPSA) is 49.3 Å². The van der Waals surface area contributed by atoms with Gasteiger partial charge in [-0.1, -0.05) is 58.0 Å². The zero-order valence-corrected chi connectivity index (χ0v) is 14.2. The van der Waals surface area contributed by atoms with Gasteiger partial charge in [0, 0.05) is 5.92 Å². The van der Waals surface area contributed by atoms with Gasteiger partial charge < -0.3 is 10.4 Å². The van der Waals surface area contributed by atoms with E-state index < -0.39 is 0 Å². The van der Waals surface area contributed by atoms with Crippen LogP contribution >= 0.6 is 0 Å². The average molecular weight is 303 g/mol. The number of hydrogen-bond acceptors (Lipinski definition) is 2. The number of aliphatic hydroxyl groups is 1. The Balaban J connectivity index is 2.06. The second kappa shape index (κ2) is 6.41. The minimum absolute atomic E-state index is 0.00942. The van der Waals surface area contributed by atoms with E-state index in [4.69, 9.17) is 0 Å². The largest absolute Gasteiger partial charge is 0.394 e. The summed E-state index contributed by atoms with van der Waals surface area (Å²) in [6, 6.07) is 9.77. The number of carbonyl (C=O) groups excluding carboxylic acids is 1. The van der Waals surface area contributed by atoms with Crippen molar-refractivity contribution in [3.05, 3.63) is 35.9 Å². The van der Waals surface area contributed by atoms with Crippen molar-refractivity contribution in [1.29, 1.82) is 0 Å². The highest BCUT2D eigenvalue weighted by Gasteiger charge is 2.50. The van der Waals surface area contributed by atoms with E-state index in [9.17, 15) is 9.90 Å². The molecule has 1 aromatic carbocycles. The molecule has 1 unspecified atom stereocenters. The molecule has 2 rings (SSSR count). The molecule has 1 aliphatic rings. The van der Waals surface area contributed by atoms with Gasteiger partial charge in [-0.3, -0.25) is 4.79 Å². The lowest BCUT2D eigenvalue weighted by Crippen LogP contribution is -2.48. The Labute approximate surface area is 134 Å². The van der Waals surface area contributed by atoms with Crippen LogP contribution in [0.3, 0.4) is 0 Å². The van der Waals surface area contributed by atoms with Crippen LogP contribution in [0.4, 0.5) is 0 Å². The van der Waals surface area contributed by atoms with Gasteiger partial charge >= 0.3 is 0 Å². The molecule has 1 aliphatic carbocycles. The van der Waals surface area contributed by atoms with Gasteiger partial charge in [0.15, 0.2) is 0 Å². The smallest absolute Gasteiger partial charge is 0.224 e. The predicted octanol–water partition coefficient (Wildman–Crippen LogP) is 3.17. The highest BCUT2D eigenvalue weighted by molar-refractivity contribution is 5.81. The summed E-state index contributed by atoms with van der Waals surface area (Å²) in [7, 11) is 0. The number of nitrogens with one attached hydrogen (secondary N) is 1. The molecule has 1 atom stereocenters. The molecular weight excluding hydrogens is 274 g/mol. The summed E-state index contributed by atoms with van der Waals surface area (Å²) >= 11 is 0.